The van der Waals surface area contributed by atoms with Crippen LogP contribution in [0.15, 0.2) is 16.8 Å². The summed E-state index contributed by atoms with van der Waals surface area (Å²) in [5.74, 6) is -1.13. The van der Waals surface area contributed by atoms with Crippen molar-refractivity contribution < 1.29 is 19.2 Å². The Labute approximate surface area is 107 Å². The third-order valence-electron chi connectivity index (χ3n) is 2.11. The second-order valence-corrected chi connectivity index (χ2v) is 3.86. The zero-order valence-corrected chi connectivity index (χ0v) is 10.0. The number of carboxylic acids is 1. The molecule has 0 saturated heterocycles. The number of carboxylic acid groups (broad SMARTS) is 1. The largest absolute Gasteiger partial charge is 0.481 e. The lowest BCUT2D eigenvalue weighted by Gasteiger charge is -1.99. The number of anilines is 1. The highest BCUT2D eigenvalue weighted by Gasteiger charge is 2.10. The third-order valence-corrected chi connectivity index (χ3v) is 2.11. The molecule has 2 aromatic rings. The average molecular weight is 265 g/mol. The van der Waals surface area contributed by atoms with Gasteiger partial charge < -0.3 is 9.63 Å². The molecule has 2 rings (SSSR count). The molecule has 0 bridgehead atoms. The Morgan fingerprint density at radius 1 is 1.53 bits per heavy atom. The van der Waals surface area contributed by atoms with Gasteiger partial charge >= 0.3 is 5.97 Å². The molecule has 0 radical (unpaired) electrons. The Hall–Kier alpha value is -2.71. The van der Waals surface area contributed by atoms with Crippen molar-refractivity contribution in [3.05, 3.63) is 23.7 Å². The SMILES string of the molecule is Cc1cc(NC(=O)Cn2cc(CC(=O)O)nn2)on1. The van der Waals surface area contributed by atoms with Crippen LogP contribution in [-0.4, -0.2) is 37.1 Å². The summed E-state index contributed by atoms with van der Waals surface area (Å²) >= 11 is 0. The Kier molecular flexibility index (Phi) is 3.55. The molecule has 0 aliphatic heterocycles. The zero-order valence-electron chi connectivity index (χ0n) is 10.0. The van der Waals surface area contributed by atoms with Gasteiger partial charge in [-0.1, -0.05) is 10.4 Å². The Morgan fingerprint density at radius 3 is 2.95 bits per heavy atom. The van der Waals surface area contributed by atoms with Gasteiger partial charge in [-0.2, -0.15) is 0 Å². The summed E-state index contributed by atoms with van der Waals surface area (Å²) in [5, 5.41) is 22.0. The van der Waals surface area contributed by atoms with Crippen molar-refractivity contribution in [1.29, 1.82) is 0 Å². The minimum absolute atomic E-state index is 0.0909. The van der Waals surface area contributed by atoms with Gasteiger partial charge in [-0.15, -0.1) is 5.10 Å². The molecule has 0 fully saturated rings. The average Bonchev–Trinajstić information content (AvgIpc) is 2.88. The smallest absolute Gasteiger partial charge is 0.309 e. The van der Waals surface area contributed by atoms with Crippen molar-refractivity contribution in [2.75, 3.05) is 5.32 Å². The first-order chi connectivity index (χ1) is 9.02. The molecule has 9 heteroatoms. The van der Waals surface area contributed by atoms with E-state index in [9.17, 15) is 9.59 Å². The molecule has 0 aliphatic rings. The lowest BCUT2D eigenvalue weighted by atomic mass is 10.3. The minimum Gasteiger partial charge on any atom is -0.481 e. The lowest BCUT2D eigenvalue weighted by Crippen LogP contribution is -2.18. The number of carbonyl (C=O) groups is 2. The number of carbonyl (C=O) groups excluding carboxylic acids is 1. The summed E-state index contributed by atoms with van der Waals surface area (Å²) in [4.78, 5) is 22.1. The van der Waals surface area contributed by atoms with Gasteiger partial charge in [0.2, 0.25) is 11.8 Å². The fourth-order valence-corrected chi connectivity index (χ4v) is 1.40. The molecule has 0 aliphatic carbocycles. The van der Waals surface area contributed by atoms with E-state index in [1.54, 1.807) is 13.0 Å². The molecule has 0 aromatic carbocycles. The van der Waals surface area contributed by atoms with Gasteiger partial charge in [-0.3, -0.25) is 14.9 Å². The number of amides is 1. The number of aliphatic carboxylic acids is 1. The Balaban J connectivity index is 1.91. The van der Waals surface area contributed by atoms with Crippen molar-refractivity contribution >= 4 is 17.8 Å². The number of hydrogen-bond donors (Lipinski definition) is 2. The molecule has 0 spiro atoms. The fourth-order valence-electron chi connectivity index (χ4n) is 1.40. The molecule has 0 saturated carbocycles. The maximum atomic E-state index is 11.6. The highest BCUT2D eigenvalue weighted by molar-refractivity contribution is 5.89. The van der Waals surface area contributed by atoms with Gasteiger partial charge in [-0.05, 0) is 6.92 Å². The highest BCUT2D eigenvalue weighted by atomic mass is 16.5. The number of rotatable bonds is 5. The summed E-state index contributed by atoms with van der Waals surface area (Å²) in [7, 11) is 0. The topological polar surface area (TPSA) is 123 Å². The first-order valence-corrected chi connectivity index (χ1v) is 5.37. The van der Waals surface area contributed by atoms with Crippen LogP contribution in [0.1, 0.15) is 11.4 Å². The van der Waals surface area contributed by atoms with Gasteiger partial charge in [0.1, 0.15) is 6.54 Å². The van der Waals surface area contributed by atoms with E-state index in [1.165, 1.54) is 10.9 Å². The van der Waals surface area contributed by atoms with E-state index in [0.29, 0.717) is 5.69 Å². The van der Waals surface area contributed by atoms with Crippen molar-refractivity contribution in [3.8, 4) is 0 Å². The third kappa shape index (κ3) is 3.63. The first kappa shape index (κ1) is 12.7. The van der Waals surface area contributed by atoms with Crippen LogP contribution in [0.4, 0.5) is 5.88 Å². The monoisotopic (exact) mass is 265 g/mol. The van der Waals surface area contributed by atoms with Crippen molar-refractivity contribution in [2.24, 2.45) is 0 Å². The summed E-state index contributed by atoms with van der Waals surface area (Å²) in [6.45, 7) is 1.64. The van der Waals surface area contributed by atoms with Crippen LogP contribution in [0.5, 0.6) is 0 Å². The van der Waals surface area contributed by atoms with Crippen LogP contribution >= 0.6 is 0 Å². The number of aryl methyl sites for hydroxylation is 1. The van der Waals surface area contributed by atoms with Crippen LogP contribution in [0.2, 0.25) is 0 Å². The van der Waals surface area contributed by atoms with E-state index >= 15 is 0 Å². The molecular weight excluding hydrogens is 254 g/mol. The summed E-state index contributed by atoms with van der Waals surface area (Å²) in [5.41, 5.74) is 0.940. The number of nitrogens with zero attached hydrogens (tertiary/aromatic N) is 4. The van der Waals surface area contributed by atoms with Gasteiger partial charge in [0.05, 0.1) is 17.8 Å². The van der Waals surface area contributed by atoms with Crippen LogP contribution in [0.3, 0.4) is 0 Å². The summed E-state index contributed by atoms with van der Waals surface area (Å²) < 4.78 is 6.07. The fraction of sp³-hybridized carbons (Fsp3) is 0.300. The zero-order chi connectivity index (χ0) is 13.8. The maximum Gasteiger partial charge on any atom is 0.309 e. The van der Waals surface area contributed by atoms with Crippen LogP contribution in [0.25, 0.3) is 0 Å². The molecular formula is C10H11N5O4. The number of nitrogens with one attached hydrogen (secondary N) is 1. The van der Waals surface area contributed by atoms with Gasteiger partial charge in [-0.25, -0.2) is 4.68 Å². The minimum atomic E-state index is -1.01. The van der Waals surface area contributed by atoms with E-state index < -0.39 is 5.97 Å². The highest BCUT2D eigenvalue weighted by Crippen LogP contribution is 2.08. The van der Waals surface area contributed by atoms with E-state index in [1.807, 2.05) is 0 Å². The summed E-state index contributed by atoms with van der Waals surface area (Å²) in [6.07, 6.45) is 1.17. The second kappa shape index (κ2) is 5.29. The van der Waals surface area contributed by atoms with Gasteiger partial charge in [0, 0.05) is 12.3 Å². The van der Waals surface area contributed by atoms with E-state index in [2.05, 4.69) is 20.8 Å². The van der Waals surface area contributed by atoms with Crippen LogP contribution < -0.4 is 5.32 Å². The van der Waals surface area contributed by atoms with Gasteiger partial charge in [0.25, 0.3) is 0 Å². The normalized spacial score (nSPS) is 10.4. The van der Waals surface area contributed by atoms with E-state index in [0.717, 1.165) is 0 Å². The molecule has 1 amide bonds. The standard InChI is InChI=1S/C10H11N5O4/c1-6-2-9(19-13-6)11-8(16)5-15-4-7(12-14-15)3-10(17)18/h2,4H,3,5H2,1H3,(H,11,16)(H,17,18). The predicted molar refractivity (Wildman–Crippen MR) is 61.2 cm³/mol. The van der Waals surface area contributed by atoms with Gasteiger partial charge in [0.15, 0.2) is 0 Å². The molecule has 0 atom stereocenters. The quantitative estimate of drug-likeness (QED) is 0.769. The molecule has 2 heterocycles. The molecule has 2 N–H and O–H groups in total. The lowest BCUT2D eigenvalue weighted by molar-refractivity contribution is -0.136. The molecule has 9 nitrogen and oxygen atoms in total. The Bertz CT molecular complexity index is 603. The van der Waals surface area contributed by atoms with E-state index in [4.69, 9.17) is 9.63 Å². The van der Waals surface area contributed by atoms with Crippen LogP contribution in [0, 0.1) is 6.92 Å². The number of aromatic nitrogens is 4. The molecule has 0 unspecified atom stereocenters. The predicted octanol–water partition coefficient (Wildman–Crippen LogP) is -0.160. The van der Waals surface area contributed by atoms with Crippen molar-refractivity contribution in [3.63, 3.8) is 0 Å². The second-order valence-electron chi connectivity index (χ2n) is 3.86. The maximum absolute atomic E-state index is 11.6. The van der Waals surface area contributed by atoms with E-state index in [-0.39, 0.29) is 30.5 Å². The van der Waals surface area contributed by atoms with Crippen molar-refractivity contribution in [2.45, 2.75) is 19.9 Å². The summed E-state index contributed by atoms with van der Waals surface area (Å²) in [6, 6.07) is 1.58. The van der Waals surface area contributed by atoms with Crippen LogP contribution in [-0.2, 0) is 22.6 Å². The molecule has 19 heavy (non-hydrogen) atoms. The first-order valence-electron chi connectivity index (χ1n) is 5.37. The molecule has 2 aromatic heterocycles. The molecule has 100 valence electrons. The number of hydrogen-bond acceptors (Lipinski definition) is 6. The van der Waals surface area contributed by atoms with Crippen molar-refractivity contribution in [1.82, 2.24) is 20.2 Å². The Morgan fingerprint density at radius 2 is 2.32 bits per heavy atom.